The first-order valence-electron chi connectivity index (χ1n) is 7.13. The van der Waals surface area contributed by atoms with E-state index < -0.39 is 0 Å². The van der Waals surface area contributed by atoms with Crippen molar-refractivity contribution in [3.05, 3.63) is 59.1 Å². The Bertz CT molecular complexity index is 807. The zero-order chi connectivity index (χ0) is 16.2. The van der Waals surface area contributed by atoms with Gasteiger partial charge in [0.1, 0.15) is 12.0 Å². The Morgan fingerprint density at radius 3 is 2.78 bits per heavy atom. The van der Waals surface area contributed by atoms with E-state index in [9.17, 15) is 4.79 Å². The summed E-state index contributed by atoms with van der Waals surface area (Å²) in [4.78, 5) is 16.3. The molecule has 0 bridgehead atoms. The van der Waals surface area contributed by atoms with Gasteiger partial charge in [-0.25, -0.2) is 9.67 Å². The predicted molar refractivity (Wildman–Crippen MR) is 86.4 cm³/mol. The second-order valence-electron chi connectivity index (χ2n) is 4.88. The quantitative estimate of drug-likeness (QED) is 0.779. The van der Waals surface area contributed by atoms with Crippen molar-refractivity contribution in [3.63, 3.8) is 0 Å². The molecule has 0 aliphatic heterocycles. The number of benzene rings is 1. The van der Waals surface area contributed by atoms with Crippen molar-refractivity contribution in [2.75, 3.05) is 5.32 Å². The minimum atomic E-state index is -0.284. The van der Waals surface area contributed by atoms with Gasteiger partial charge in [0.15, 0.2) is 0 Å². The van der Waals surface area contributed by atoms with Gasteiger partial charge in [-0.1, -0.05) is 23.7 Å². The van der Waals surface area contributed by atoms with Gasteiger partial charge in [0, 0.05) is 17.8 Å². The number of carbonyl (C=O) groups excluding carboxylic acids is 1. The molecular weight excluding hydrogens is 316 g/mol. The number of hydrogen-bond acceptors (Lipinski definition) is 4. The third kappa shape index (κ3) is 3.57. The Morgan fingerprint density at radius 1 is 1.26 bits per heavy atom. The summed E-state index contributed by atoms with van der Waals surface area (Å²) in [6.45, 7) is 3.09. The van der Waals surface area contributed by atoms with Crippen molar-refractivity contribution in [2.45, 2.75) is 20.0 Å². The molecule has 2 heterocycles. The number of carbonyl (C=O) groups is 1. The average molecular weight is 331 g/mol. The fourth-order valence-electron chi connectivity index (χ4n) is 2.15. The van der Waals surface area contributed by atoms with Crippen LogP contribution in [0, 0.1) is 0 Å². The van der Waals surface area contributed by atoms with E-state index in [1.807, 2.05) is 31.2 Å². The molecule has 23 heavy (non-hydrogen) atoms. The number of hydrogen-bond donors (Lipinski definition) is 1. The van der Waals surface area contributed by atoms with E-state index in [0.717, 1.165) is 5.56 Å². The number of aryl methyl sites for hydroxylation is 1. The van der Waals surface area contributed by atoms with Gasteiger partial charge >= 0.3 is 0 Å². The maximum atomic E-state index is 12.2. The van der Waals surface area contributed by atoms with Gasteiger partial charge in [-0.2, -0.15) is 5.10 Å². The minimum Gasteiger partial charge on any atom is -0.288 e. The Balaban J connectivity index is 1.67. The fourth-order valence-corrected chi connectivity index (χ4v) is 2.27. The van der Waals surface area contributed by atoms with Crippen molar-refractivity contribution in [2.24, 2.45) is 0 Å². The Kier molecular flexibility index (Phi) is 4.38. The summed E-state index contributed by atoms with van der Waals surface area (Å²) in [7, 11) is 0. The molecule has 1 N–H and O–H groups in total. The van der Waals surface area contributed by atoms with Crippen molar-refractivity contribution in [3.8, 4) is 0 Å². The van der Waals surface area contributed by atoms with Crippen LogP contribution in [0.15, 0.2) is 42.9 Å². The molecule has 0 aliphatic carbocycles. The highest BCUT2D eigenvalue weighted by Gasteiger charge is 2.13. The Morgan fingerprint density at radius 2 is 2.04 bits per heavy atom. The summed E-state index contributed by atoms with van der Waals surface area (Å²) in [5.41, 5.74) is 1.52. The van der Waals surface area contributed by atoms with E-state index in [-0.39, 0.29) is 11.9 Å². The number of amides is 1. The second kappa shape index (κ2) is 6.62. The van der Waals surface area contributed by atoms with Crippen LogP contribution in [0.25, 0.3) is 0 Å². The highest BCUT2D eigenvalue weighted by molar-refractivity contribution is 6.30. The molecule has 0 unspecified atom stereocenters. The van der Waals surface area contributed by atoms with Crippen LogP contribution in [0.3, 0.4) is 0 Å². The highest BCUT2D eigenvalue weighted by Crippen LogP contribution is 2.11. The zero-order valence-corrected chi connectivity index (χ0v) is 13.2. The molecule has 8 heteroatoms. The maximum absolute atomic E-state index is 12.2. The third-order valence-corrected chi connectivity index (χ3v) is 3.52. The molecule has 3 aromatic rings. The predicted octanol–water partition coefficient (Wildman–Crippen LogP) is 2.45. The van der Waals surface area contributed by atoms with Crippen molar-refractivity contribution >= 4 is 23.5 Å². The molecule has 0 saturated heterocycles. The maximum Gasteiger partial charge on any atom is 0.276 e. The van der Waals surface area contributed by atoms with Crippen LogP contribution in [0.2, 0.25) is 5.02 Å². The molecule has 2 aromatic heterocycles. The van der Waals surface area contributed by atoms with E-state index in [1.54, 1.807) is 28.0 Å². The SMILES string of the molecule is CCn1nccc1C(=O)Nc1ncn(Cc2ccc(Cl)cc2)n1. The molecule has 0 spiro atoms. The molecule has 0 saturated carbocycles. The molecule has 0 radical (unpaired) electrons. The number of anilines is 1. The lowest BCUT2D eigenvalue weighted by Gasteiger charge is -2.03. The summed E-state index contributed by atoms with van der Waals surface area (Å²) in [5, 5.41) is 11.7. The van der Waals surface area contributed by atoms with E-state index in [2.05, 4.69) is 20.5 Å². The highest BCUT2D eigenvalue weighted by atomic mass is 35.5. The lowest BCUT2D eigenvalue weighted by Crippen LogP contribution is -2.18. The normalized spacial score (nSPS) is 10.7. The topological polar surface area (TPSA) is 77.6 Å². The van der Waals surface area contributed by atoms with E-state index in [4.69, 9.17) is 11.6 Å². The number of halogens is 1. The van der Waals surface area contributed by atoms with Crippen molar-refractivity contribution in [1.82, 2.24) is 24.5 Å². The molecule has 1 aromatic carbocycles. The fraction of sp³-hybridized carbons (Fsp3) is 0.200. The number of nitrogens with one attached hydrogen (secondary N) is 1. The third-order valence-electron chi connectivity index (χ3n) is 3.27. The molecule has 1 amide bonds. The van der Waals surface area contributed by atoms with Crippen LogP contribution in [0.1, 0.15) is 23.0 Å². The molecular formula is C15H15ClN6O. The van der Waals surface area contributed by atoms with Crippen LogP contribution in [0.5, 0.6) is 0 Å². The molecule has 7 nitrogen and oxygen atoms in total. The zero-order valence-electron chi connectivity index (χ0n) is 12.5. The average Bonchev–Trinajstić information content (AvgIpc) is 3.18. The van der Waals surface area contributed by atoms with Crippen LogP contribution < -0.4 is 5.32 Å². The minimum absolute atomic E-state index is 0.257. The first kappa shape index (κ1) is 15.2. The van der Waals surface area contributed by atoms with Gasteiger partial charge in [-0.05, 0) is 30.7 Å². The van der Waals surface area contributed by atoms with Crippen molar-refractivity contribution < 1.29 is 4.79 Å². The van der Waals surface area contributed by atoms with Gasteiger partial charge in [-0.15, -0.1) is 5.10 Å². The van der Waals surface area contributed by atoms with Crippen molar-refractivity contribution in [1.29, 1.82) is 0 Å². The summed E-state index contributed by atoms with van der Waals surface area (Å²) in [6.07, 6.45) is 3.16. The van der Waals surface area contributed by atoms with Crippen LogP contribution in [-0.4, -0.2) is 30.5 Å². The molecule has 0 atom stereocenters. The van der Waals surface area contributed by atoms with Gasteiger partial charge in [0.05, 0.1) is 6.54 Å². The van der Waals surface area contributed by atoms with Crippen LogP contribution in [0.4, 0.5) is 5.95 Å². The van der Waals surface area contributed by atoms with Gasteiger partial charge in [-0.3, -0.25) is 14.8 Å². The summed E-state index contributed by atoms with van der Waals surface area (Å²) < 4.78 is 3.26. The lowest BCUT2D eigenvalue weighted by atomic mass is 10.2. The summed E-state index contributed by atoms with van der Waals surface area (Å²) in [6, 6.07) is 9.14. The lowest BCUT2D eigenvalue weighted by molar-refractivity contribution is 0.101. The number of rotatable bonds is 5. The smallest absolute Gasteiger partial charge is 0.276 e. The largest absolute Gasteiger partial charge is 0.288 e. The number of aromatic nitrogens is 5. The van der Waals surface area contributed by atoms with E-state index in [0.29, 0.717) is 23.8 Å². The first-order valence-corrected chi connectivity index (χ1v) is 7.50. The van der Waals surface area contributed by atoms with Gasteiger partial charge in [0.2, 0.25) is 5.95 Å². The Labute approximate surface area is 137 Å². The molecule has 0 fully saturated rings. The molecule has 118 valence electrons. The Hall–Kier alpha value is -2.67. The summed E-state index contributed by atoms with van der Waals surface area (Å²) >= 11 is 5.86. The standard InChI is InChI=1S/C15H15ClN6O/c1-2-22-13(7-8-18-22)14(23)19-15-17-10-21(20-15)9-11-3-5-12(16)6-4-11/h3-8,10H,2,9H2,1H3,(H,19,20,23). The van der Waals surface area contributed by atoms with Gasteiger partial charge in [0.25, 0.3) is 5.91 Å². The molecule has 0 aliphatic rings. The second-order valence-corrected chi connectivity index (χ2v) is 5.31. The summed E-state index contributed by atoms with van der Waals surface area (Å²) in [5.74, 6) is -0.0265. The van der Waals surface area contributed by atoms with Gasteiger partial charge < -0.3 is 0 Å². The first-order chi connectivity index (χ1) is 11.2. The van der Waals surface area contributed by atoms with E-state index >= 15 is 0 Å². The molecule has 3 rings (SSSR count). The van der Waals surface area contributed by atoms with Crippen LogP contribution >= 0.6 is 11.6 Å². The van der Waals surface area contributed by atoms with Crippen LogP contribution in [-0.2, 0) is 13.1 Å². The number of nitrogens with zero attached hydrogens (tertiary/aromatic N) is 5. The monoisotopic (exact) mass is 330 g/mol. The van der Waals surface area contributed by atoms with E-state index in [1.165, 1.54) is 0 Å².